The summed E-state index contributed by atoms with van der Waals surface area (Å²) in [5.74, 6) is 1.22. The number of nitrogens with zero attached hydrogens (tertiary/aromatic N) is 4. The molecule has 1 aromatic heterocycles. The Hall–Kier alpha value is -4.20. The molecular formula is C27H25FN4O3. The second-order valence-corrected chi connectivity index (χ2v) is 8.45. The average molecular weight is 473 g/mol. The molecule has 5 rings (SSSR count). The molecule has 178 valence electrons. The van der Waals surface area contributed by atoms with Gasteiger partial charge in [-0.2, -0.15) is 4.98 Å². The van der Waals surface area contributed by atoms with Crippen molar-refractivity contribution < 1.29 is 18.4 Å². The zero-order chi connectivity index (χ0) is 24.2. The zero-order valence-electron chi connectivity index (χ0n) is 19.4. The Morgan fingerprint density at radius 2 is 1.57 bits per heavy atom. The fourth-order valence-electron chi connectivity index (χ4n) is 3.96. The van der Waals surface area contributed by atoms with Crippen LogP contribution in [-0.4, -0.2) is 53.7 Å². The molecule has 0 bridgehead atoms. The summed E-state index contributed by atoms with van der Waals surface area (Å²) in [4.78, 5) is 21.0. The van der Waals surface area contributed by atoms with Crippen LogP contribution < -0.4 is 9.64 Å². The van der Waals surface area contributed by atoms with Crippen LogP contribution in [0.3, 0.4) is 0 Å². The van der Waals surface area contributed by atoms with E-state index in [1.807, 2.05) is 43.3 Å². The summed E-state index contributed by atoms with van der Waals surface area (Å²) in [5, 5.41) is 4.07. The lowest BCUT2D eigenvalue weighted by molar-refractivity contribution is -0.133. The zero-order valence-corrected chi connectivity index (χ0v) is 19.4. The number of aryl methyl sites for hydroxylation is 1. The minimum absolute atomic E-state index is 0.0337. The third-order valence-corrected chi connectivity index (χ3v) is 6.02. The summed E-state index contributed by atoms with van der Waals surface area (Å²) in [7, 11) is 0. The number of ether oxygens (including phenoxy) is 1. The van der Waals surface area contributed by atoms with Crippen molar-refractivity contribution in [3.63, 3.8) is 0 Å². The smallest absolute Gasteiger partial charge is 0.260 e. The number of rotatable bonds is 6. The lowest BCUT2D eigenvalue weighted by Gasteiger charge is -2.36. The number of aromatic nitrogens is 2. The van der Waals surface area contributed by atoms with E-state index in [0.717, 1.165) is 16.8 Å². The first-order chi connectivity index (χ1) is 17.0. The Labute approximate surface area is 202 Å². The van der Waals surface area contributed by atoms with E-state index >= 15 is 0 Å². The molecule has 0 atom stereocenters. The lowest BCUT2D eigenvalue weighted by atomic mass is 10.1. The Kier molecular flexibility index (Phi) is 6.43. The van der Waals surface area contributed by atoms with Crippen molar-refractivity contribution in [1.29, 1.82) is 0 Å². The normalized spacial score (nSPS) is 13.7. The predicted molar refractivity (Wildman–Crippen MR) is 131 cm³/mol. The van der Waals surface area contributed by atoms with Crippen molar-refractivity contribution in [3.8, 4) is 28.6 Å². The van der Waals surface area contributed by atoms with E-state index in [0.29, 0.717) is 43.6 Å². The van der Waals surface area contributed by atoms with E-state index in [4.69, 9.17) is 9.26 Å². The molecule has 35 heavy (non-hydrogen) atoms. The summed E-state index contributed by atoms with van der Waals surface area (Å²) in [6.45, 7) is 4.58. The summed E-state index contributed by atoms with van der Waals surface area (Å²) in [6, 6.07) is 21.6. The van der Waals surface area contributed by atoms with Gasteiger partial charge in [0, 0.05) is 43.0 Å². The number of amides is 1. The molecule has 1 amide bonds. The van der Waals surface area contributed by atoms with Gasteiger partial charge < -0.3 is 19.1 Å². The molecule has 0 saturated carbocycles. The van der Waals surface area contributed by atoms with Gasteiger partial charge in [0.05, 0.1) is 0 Å². The maximum absolute atomic E-state index is 13.1. The van der Waals surface area contributed by atoms with Gasteiger partial charge in [0.1, 0.15) is 11.6 Å². The third-order valence-electron chi connectivity index (χ3n) is 6.02. The van der Waals surface area contributed by atoms with E-state index in [1.54, 1.807) is 29.2 Å². The van der Waals surface area contributed by atoms with E-state index in [1.165, 1.54) is 17.7 Å². The van der Waals surface area contributed by atoms with Crippen molar-refractivity contribution in [2.45, 2.75) is 6.92 Å². The lowest BCUT2D eigenvalue weighted by Crippen LogP contribution is -2.50. The number of halogens is 1. The summed E-state index contributed by atoms with van der Waals surface area (Å²) in [5.41, 5.74) is 3.79. The molecule has 3 aromatic carbocycles. The van der Waals surface area contributed by atoms with E-state index in [9.17, 15) is 9.18 Å². The van der Waals surface area contributed by atoms with Crippen molar-refractivity contribution in [2.75, 3.05) is 37.7 Å². The Morgan fingerprint density at radius 1 is 0.914 bits per heavy atom. The first-order valence-corrected chi connectivity index (χ1v) is 11.5. The number of carbonyl (C=O) groups is 1. The van der Waals surface area contributed by atoms with Crippen molar-refractivity contribution in [1.82, 2.24) is 15.0 Å². The molecule has 7 nitrogen and oxygen atoms in total. The number of hydrogen-bond donors (Lipinski definition) is 0. The molecule has 0 N–H and O–H groups in total. The van der Waals surface area contributed by atoms with Crippen LogP contribution in [0.25, 0.3) is 22.8 Å². The van der Waals surface area contributed by atoms with Gasteiger partial charge in [-0.15, -0.1) is 0 Å². The van der Waals surface area contributed by atoms with Crippen LogP contribution in [0.15, 0.2) is 77.3 Å². The average Bonchev–Trinajstić information content (AvgIpc) is 3.39. The number of carbonyl (C=O) groups excluding carboxylic acids is 1. The molecule has 4 aromatic rings. The van der Waals surface area contributed by atoms with Crippen LogP contribution in [0.2, 0.25) is 0 Å². The van der Waals surface area contributed by atoms with E-state index in [2.05, 4.69) is 15.0 Å². The van der Waals surface area contributed by atoms with Crippen LogP contribution >= 0.6 is 0 Å². The number of hydrogen-bond acceptors (Lipinski definition) is 6. The quantitative estimate of drug-likeness (QED) is 0.409. The molecule has 0 unspecified atom stereocenters. The van der Waals surface area contributed by atoms with Gasteiger partial charge in [-0.05, 0) is 55.5 Å². The fourth-order valence-corrected chi connectivity index (χ4v) is 3.96. The largest absolute Gasteiger partial charge is 0.484 e. The molecule has 0 aliphatic carbocycles. The minimum Gasteiger partial charge on any atom is -0.484 e. The van der Waals surface area contributed by atoms with Crippen LogP contribution in [0.5, 0.6) is 5.75 Å². The molecule has 1 fully saturated rings. The molecule has 2 heterocycles. The molecule has 1 aliphatic heterocycles. The summed E-state index contributed by atoms with van der Waals surface area (Å²) in [6.07, 6.45) is 0. The Morgan fingerprint density at radius 3 is 2.26 bits per heavy atom. The topological polar surface area (TPSA) is 71.7 Å². The third kappa shape index (κ3) is 5.32. The summed E-state index contributed by atoms with van der Waals surface area (Å²) >= 11 is 0. The predicted octanol–water partition coefficient (Wildman–Crippen LogP) is 4.58. The van der Waals surface area contributed by atoms with Gasteiger partial charge in [0.2, 0.25) is 5.82 Å². The second-order valence-electron chi connectivity index (χ2n) is 8.45. The number of benzene rings is 3. The van der Waals surface area contributed by atoms with Gasteiger partial charge in [0.25, 0.3) is 11.8 Å². The summed E-state index contributed by atoms with van der Waals surface area (Å²) < 4.78 is 24.3. The monoisotopic (exact) mass is 472 g/mol. The van der Waals surface area contributed by atoms with Crippen LogP contribution in [-0.2, 0) is 4.79 Å². The van der Waals surface area contributed by atoms with Crippen molar-refractivity contribution in [2.24, 2.45) is 0 Å². The van der Waals surface area contributed by atoms with Gasteiger partial charge >= 0.3 is 0 Å². The van der Waals surface area contributed by atoms with Crippen LogP contribution in [0.1, 0.15) is 5.56 Å². The standard InChI is InChI=1S/C27H25FN4O3/c1-19-2-4-20(5-3-19)26-29-27(35-30-26)21-6-12-24(13-7-21)34-18-25(33)32-16-14-31(15-17-32)23-10-8-22(28)9-11-23/h2-13H,14-18H2,1H3. The Bertz CT molecular complexity index is 1280. The first kappa shape index (κ1) is 22.6. The van der Waals surface area contributed by atoms with Gasteiger partial charge in [-0.25, -0.2) is 4.39 Å². The first-order valence-electron chi connectivity index (χ1n) is 11.5. The minimum atomic E-state index is -0.253. The highest BCUT2D eigenvalue weighted by molar-refractivity contribution is 5.78. The second kappa shape index (κ2) is 9.97. The van der Waals surface area contributed by atoms with Gasteiger partial charge in [0.15, 0.2) is 6.61 Å². The van der Waals surface area contributed by atoms with Gasteiger partial charge in [-0.3, -0.25) is 4.79 Å². The molecule has 1 aliphatic rings. The molecule has 0 spiro atoms. The van der Waals surface area contributed by atoms with Crippen molar-refractivity contribution >= 4 is 11.6 Å². The molecule has 1 saturated heterocycles. The SMILES string of the molecule is Cc1ccc(-c2noc(-c3ccc(OCC(=O)N4CCN(c5ccc(F)cc5)CC4)cc3)n2)cc1. The molecule has 8 heteroatoms. The van der Waals surface area contributed by atoms with E-state index in [-0.39, 0.29) is 18.3 Å². The maximum Gasteiger partial charge on any atom is 0.260 e. The van der Waals surface area contributed by atoms with Gasteiger partial charge in [-0.1, -0.05) is 35.0 Å². The molecule has 0 radical (unpaired) electrons. The highest BCUT2D eigenvalue weighted by Crippen LogP contribution is 2.24. The fraction of sp³-hybridized carbons (Fsp3) is 0.222. The number of piperazine rings is 1. The van der Waals surface area contributed by atoms with E-state index < -0.39 is 0 Å². The van der Waals surface area contributed by atoms with Crippen molar-refractivity contribution in [3.05, 3.63) is 84.2 Å². The molecular weight excluding hydrogens is 447 g/mol. The number of anilines is 1. The highest BCUT2D eigenvalue weighted by Gasteiger charge is 2.21. The maximum atomic E-state index is 13.1. The van der Waals surface area contributed by atoms with Crippen LogP contribution in [0, 0.1) is 12.7 Å². The highest BCUT2D eigenvalue weighted by atomic mass is 19.1. The Balaban J connectivity index is 1.12. The van der Waals surface area contributed by atoms with Crippen LogP contribution in [0.4, 0.5) is 10.1 Å².